The van der Waals surface area contributed by atoms with Gasteiger partial charge < -0.3 is 0 Å². The van der Waals surface area contributed by atoms with Crippen molar-refractivity contribution < 1.29 is 30.7 Å². The van der Waals surface area contributed by atoms with Crippen LogP contribution < -0.4 is 0 Å². The molecule has 0 aliphatic rings. The van der Waals surface area contributed by atoms with E-state index >= 15 is 0 Å². The Labute approximate surface area is 382 Å². The van der Waals surface area contributed by atoms with Gasteiger partial charge >= 0.3 is 0 Å². The predicted molar refractivity (Wildman–Crippen MR) is 253 cm³/mol. The maximum absolute atomic E-state index is 12.9. The van der Waals surface area contributed by atoms with Gasteiger partial charge in [-0.05, 0) is 123 Å². The van der Waals surface area contributed by atoms with Gasteiger partial charge in [0.2, 0.25) is 0 Å². The molecule has 342 valence electrons. The number of hydrogen-bond acceptors (Lipinski definition) is 0. The molecule has 0 saturated heterocycles. The minimum absolute atomic E-state index is 0.0331. The van der Waals surface area contributed by atoms with Gasteiger partial charge in [-0.2, -0.15) is 0 Å². The van der Waals surface area contributed by atoms with Gasteiger partial charge in [0.25, 0.3) is 0 Å². The van der Waals surface area contributed by atoms with Gasteiger partial charge in [0.15, 0.2) is 11.6 Å². The molecular formula is C54H63Cl2F7. The number of hydrogen-bond donors (Lipinski definition) is 0. The standard InChI is InChI=1S/2C9H10ClF.2C9H10F2.C9H11F.C9H12/c1-6(2)7-3-8(10)5-9(11)4-7;1-6(2)7-4-3-5-8(11)9(7)10;1-6(2)7-3-8(10)5-9(11)4-7;1-6(2)7-4-3-5-8(10)9(7)11;1-7(2)8-4-3-5-9(10)6-8;1-8(2)9-6-4-3-5-7-9/h4*3-6H,1-2H3;3-7H,1-2H3;3-8H,1-2H3. The quantitative estimate of drug-likeness (QED) is 0.146. The third-order valence-corrected chi connectivity index (χ3v) is 9.91. The lowest BCUT2D eigenvalue weighted by Gasteiger charge is -2.07. The van der Waals surface area contributed by atoms with Crippen LogP contribution in [0.1, 0.15) is 152 Å². The first-order chi connectivity index (χ1) is 29.4. The van der Waals surface area contributed by atoms with Gasteiger partial charge in [-0.3, -0.25) is 0 Å². The molecule has 6 aromatic rings. The molecule has 0 aromatic heterocycles. The van der Waals surface area contributed by atoms with Crippen LogP contribution in [0, 0.1) is 40.7 Å². The lowest BCUT2D eigenvalue weighted by molar-refractivity contribution is 0.494. The van der Waals surface area contributed by atoms with Gasteiger partial charge in [0.1, 0.15) is 29.1 Å². The van der Waals surface area contributed by atoms with Crippen molar-refractivity contribution in [2.24, 2.45) is 0 Å². The highest BCUT2D eigenvalue weighted by Crippen LogP contribution is 2.26. The lowest BCUT2D eigenvalue weighted by Crippen LogP contribution is -1.95. The van der Waals surface area contributed by atoms with Crippen molar-refractivity contribution in [1.29, 1.82) is 0 Å². The molecule has 0 aliphatic heterocycles. The van der Waals surface area contributed by atoms with E-state index in [-0.39, 0.29) is 40.2 Å². The molecule has 0 aliphatic carbocycles. The third-order valence-electron chi connectivity index (χ3n) is 9.29. The zero-order valence-electron chi connectivity index (χ0n) is 38.5. The molecule has 0 atom stereocenters. The van der Waals surface area contributed by atoms with Crippen LogP contribution in [0.25, 0.3) is 0 Å². The zero-order chi connectivity index (χ0) is 48.0. The maximum atomic E-state index is 12.9. The third kappa shape index (κ3) is 22.0. The van der Waals surface area contributed by atoms with E-state index in [1.165, 1.54) is 48.0 Å². The van der Waals surface area contributed by atoms with Crippen LogP contribution in [0.5, 0.6) is 0 Å². The first kappa shape index (κ1) is 56.4. The molecule has 0 saturated carbocycles. The van der Waals surface area contributed by atoms with Gasteiger partial charge in [-0.15, -0.1) is 0 Å². The Hall–Kier alpha value is -4.59. The minimum atomic E-state index is -0.767. The molecule has 0 amide bonds. The van der Waals surface area contributed by atoms with E-state index in [2.05, 4.69) is 52.0 Å². The molecule has 63 heavy (non-hydrogen) atoms. The summed E-state index contributed by atoms with van der Waals surface area (Å²) in [6.45, 7) is 23.9. The Bertz CT molecular complexity index is 2060. The average Bonchev–Trinajstić information content (AvgIpc) is 3.20. The summed E-state index contributed by atoms with van der Waals surface area (Å²) < 4.78 is 88.6. The van der Waals surface area contributed by atoms with E-state index in [0.29, 0.717) is 33.9 Å². The second kappa shape index (κ2) is 29.0. The van der Waals surface area contributed by atoms with E-state index in [0.717, 1.165) is 28.8 Å². The molecular weight excluding hydrogens is 852 g/mol. The molecule has 0 radical (unpaired) electrons. The molecule has 9 heteroatoms. The molecule has 0 heterocycles. The largest absolute Gasteiger partial charge is 0.207 e. The average molecular weight is 916 g/mol. The first-order valence-corrected chi connectivity index (χ1v) is 21.8. The summed E-state index contributed by atoms with van der Waals surface area (Å²) in [6.07, 6.45) is 0. The molecule has 0 fully saturated rings. The van der Waals surface area contributed by atoms with Crippen LogP contribution in [-0.2, 0) is 0 Å². The second-order valence-electron chi connectivity index (χ2n) is 16.6. The van der Waals surface area contributed by atoms with Gasteiger partial charge in [0, 0.05) is 11.1 Å². The minimum Gasteiger partial charge on any atom is -0.207 e. The van der Waals surface area contributed by atoms with Crippen LogP contribution in [-0.4, -0.2) is 0 Å². The molecule has 6 aromatic carbocycles. The van der Waals surface area contributed by atoms with Crippen molar-refractivity contribution in [2.75, 3.05) is 0 Å². The fourth-order valence-electron chi connectivity index (χ4n) is 5.45. The lowest BCUT2D eigenvalue weighted by atomic mass is 10.0. The predicted octanol–water partition coefficient (Wildman–Crippen LogP) is 19.1. The van der Waals surface area contributed by atoms with Crippen LogP contribution in [0.3, 0.4) is 0 Å². The van der Waals surface area contributed by atoms with Gasteiger partial charge in [-0.1, -0.05) is 173 Å². The second-order valence-corrected chi connectivity index (χ2v) is 17.4. The highest BCUT2D eigenvalue weighted by Gasteiger charge is 2.10. The van der Waals surface area contributed by atoms with E-state index in [1.807, 2.05) is 73.6 Å². The van der Waals surface area contributed by atoms with Crippen molar-refractivity contribution in [2.45, 2.75) is 119 Å². The smallest absolute Gasteiger partial charge is 0.162 e. The van der Waals surface area contributed by atoms with Crippen LogP contribution in [0.4, 0.5) is 30.7 Å². The van der Waals surface area contributed by atoms with E-state index in [9.17, 15) is 30.7 Å². The van der Waals surface area contributed by atoms with E-state index in [1.54, 1.807) is 30.3 Å². The summed E-state index contributed by atoms with van der Waals surface area (Å²) >= 11 is 11.4. The zero-order valence-corrected chi connectivity index (χ0v) is 40.0. The van der Waals surface area contributed by atoms with Gasteiger partial charge in [-0.25, -0.2) is 30.7 Å². The van der Waals surface area contributed by atoms with Crippen LogP contribution in [0.15, 0.2) is 127 Å². The number of rotatable bonds is 6. The Kier molecular flexibility index (Phi) is 25.9. The molecule has 6 rings (SSSR count). The maximum Gasteiger partial charge on any atom is 0.162 e. The summed E-state index contributed by atoms with van der Waals surface area (Å²) in [6, 6.07) is 34.6. The van der Waals surface area contributed by atoms with Crippen molar-refractivity contribution in [3.05, 3.63) is 212 Å². The summed E-state index contributed by atoms with van der Waals surface area (Å²) in [5.41, 5.74) is 5.41. The normalized spacial score (nSPS) is 10.5. The topological polar surface area (TPSA) is 0 Å². The highest BCUT2D eigenvalue weighted by atomic mass is 35.5. The van der Waals surface area contributed by atoms with Crippen molar-refractivity contribution in [3.63, 3.8) is 0 Å². The summed E-state index contributed by atoms with van der Waals surface area (Å²) in [5, 5.41) is 0.719. The van der Waals surface area contributed by atoms with Crippen LogP contribution >= 0.6 is 23.2 Å². The SMILES string of the molecule is CC(C)c1cc(F)cc(Cl)c1.CC(C)c1cc(F)cc(F)c1.CC(C)c1cccc(F)c1.CC(C)c1cccc(F)c1Cl.CC(C)c1cccc(F)c1F.CC(C)c1ccccc1. The van der Waals surface area contributed by atoms with Crippen LogP contribution in [0.2, 0.25) is 10.0 Å². The summed E-state index contributed by atoms with van der Waals surface area (Å²) in [4.78, 5) is 0. The van der Waals surface area contributed by atoms with Crippen molar-refractivity contribution in [3.8, 4) is 0 Å². The Balaban J connectivity index is 0.000000378. The monoisotopic (exact) mass is 914 g/mol. The van der Waals surface area contributed by atoms with E-state index in [4.69, 9.17) is 23.2 Å². The highest BCUT2D eigenvalue weighted by molar-refractivity contribution is 6.31. The Morgan fingerprint density at radius 3 is 1.10 bits per heavy atom. The molecule has 0 bridgehead atoms. The molecule has 0 unspecified atom stereocenters. The van der Waals surface area contributed by atoms with Crippen molar-refractivity contribution in [1.82, 2.24) is 0 Å². The fourth-order valence-corrected chi connectivity index (χ4v) is 6.03. The molecule has 0 N–H and O–H groups in total. The number of benzene rings is 6. The van der Waals surface area contributed by atoms with Crippen molar-refractivity contribution >= 4 is 23.2 Å². The Morgan fingerprint density at radius 2 is 0.714 bits per heavy atom. The first-order valence-electron chi connectivity index (χ1n) is 21.0. The fraction of sp³-hybridized carbons (Fsp3) is 0.333. The molecule has 0 spiro atoms. The Morgan fingerprint density at radius 1 is 0.317 bits per heavy atom. The summed E-state index contributed by atoms with van der Waals surface area (Å²) in [7, 11) is 0. The van der Waals surface area contributed by atoms with Gasteiger partial charge in [0.05, 0.1) is 5.02 Å². The van der Waals surface area contributed by atoms with E-state index < -0.39 is 23.3 Å². The molecule has 0 nitrogen and oxygen atoms in total. The summed E-state index contributed by atoms with van der Waals surface area (Å²) in [5.74, 6) is -1.37. The number of halogens is 9.